The van der Waals surface area contributed by atoms with E-state index in [9.17, 15) is 0 Å². The Balaban J connectivity index is 1.54. The first-order valence-corrected chi connectivity index (χ1v) is 6.81. The van der Waals surface area contributed by atoms with E-state index in [1.807, 2.05) is 7.11 Å². The van der Waals surface area contributed by atoms with Crippen molar-refractivity contribution in [1.82, 2.24) is 5.32 Å². The predicted octanol–water partition coefficient (Wildman–Crippen LogP) is 2.04. The van der Waals surface area contributed by atoms with Gasteiger partial charge in [-0.15, -0.1) is 0 Å². The molecule has 1 atom stereocenters. The summed E-state index contributed by atoms with van der Waals surface area (Å²) in [5.74, 6) is 1.37. The highest BCUT2D eigenvalue weighted by molar-refractivity contribution is 7.99. The summed E-state index contributed by atoms with van der Waals surface area (Å²) in [7, 11) is 1.82. The lowest BCUT2D eigenvalue weighted by atomic mass is 9.89. The van der Waals surface area contributed by atoms with Gasteiger partial charge in [0.2, 0.25) is 0 Å². The molecule has 14 heavy (non-hydrogen) atoms. The van der Waals surface area contributed by atoms with Crippen LogP contribution < -0.4 is 5.32 Å². The Hall–Kier alpha value is 0.270. The number of hydrogen-bond acceptors (Lipinski definition) is 3. The first-order chi connectivity index (χ1) is 6.88. The van der Waals surface area contributed by atoms with Crippen molar-refractivity contribution >= 4 is 11.8 Å². The zero-order valence-corrected chi connectivity index (χ0v) is 9.81. The normalized spacial score (nSPS) is 37.9. The molecule has 1 aliphatic carbocycles. The van der Waals surface area contributed by atoms with Crippen LogP contribution >= 0.6 is 11.8 Å². The van der Waals surface area contributed by atoms with Gasteiger partial charge in [-0.2, -0.15) is 11.8 Å². The van der Waals surface area contributed by atoms with Crippen LogP contribution in [0.4, 0.5) is 0 Å². The fourth-order valence-corrected chi connectivity index (χ4v) is 3.44. The van der Waals surface area contributed by atoms with E-state index in [0.717, 1.165) is 11.3 Å². The highest BCUT2D eigenvalue weighted by Crippen LogP contribution is 2.26. The predicted molar refractivity (Wildman–Crippen MR) is 61.9 cm³/mol. The minimum Gasteiger partial charge on any atom is -0.381 e. The first kappa shape index (κ1) is 10.8. The number of thioether (sulfide) groups is 1. The van der Waals surface area contributed by atoms with Crippen molar-refractivity contribution in [2.75, 3.05) is 19.4 Å². The Morgan fingerprint density at radius 1 is 1.36 bits per heavy atom. The molecule has 1 N–H and O–H groups in total. The Labute approximate surface area is 91.2 Å². The van der Waals surface area contributed by atoms with Crippen molar-refractivity contribution in [2.45, 2.75) is 49.5 Å². The van der Waals surface area contributed by atoms with Gasteiger partial charge < -0.3 is 10.1 Å². The third-order valence-electron chi connectivity index (χ3n) is 3.34. The van der Waals surface area contributed by atoms with Crippen LogP contribution in [-0.2, 0) is 4.74 Å². The second-order valence-electron chi connectivity index (χ2n) is 4.42. The molecule has 1 unspecified atom stereocenters. The van der Waals surface area contributed by atoms with Gasteiger partial charge in [0.05, 0.1) is 6.10 Å². The van der Waals surface area contributed by atoms with Crippen molar-refractivity contribution in [1.29, 1.82) is 0 Å². The lowest BCUT2D eigenvalue weighted by molar-refractivity contribution is 0.0176. The quantitative estimate of drug-likeness (QED) is 0.775. The summed E-state index contributed by atoms with van der Waals surface area (Å²) in [5, 5.41) is 4.53. The second kappa shape index (κ2) is 5.38. The zero-order valence-electron chi connectivity index (χ0n) is 9.00. The summed E-state index contributed by atoms with van der Waals surface area (Å²) in [6.07, 6.45) is 7.24. The Morgan fingerprint density at radius 3 is 2.86 bits per heavy atom. The van der Waals surface area contributed by atoms with Gasteiger partial charge >= 0.3 is 0 Å². The SMILES string of the molecule is COC1CC(NCC2CCCCS2)C1. The molecule has 0 bridgehead atoms. The van der Waals surface area contributed by atoms with Gasteiger partial charge in [-0.3, -0.25) is 0 Å². The molecule has 2 fully saturated rings. The van der Waals surface area contributed by atoms with E-state index in [1.165, 1.54) is 44.4 Å². The summed E-state index contributed by atoms with van der Waals surface area (Å²) < 4.78 is 5.26. The molecule has 1 saturated heterocycles. The average Bonchev–Trinajstić information content (AvgIpc) is 2.17. The third-order valence-corrected chi connectivity index (χ3v) is 4.73. The van der Waals surface area contributed by atoms with Gasteiger partial charge in [0.1, 0.15) is 0 Å². The summed E-state index contributed by atoms with van der Waals surface area (Å²) in [4.78, 5) is 0. The van der Waals surface area contributed by atoms with Gasteiger partial charge in [-0.1, -0.05) is 6.42 Å². The molecule has 0 aromatic heterocycles. The maximum absolute atomic E-state index is 5.26. The molecule has 3 heteroatoms. The smallest absolute Gasteiger partial charge is 0.0601 e. The van der Waals surface area contributed by atoms with E-state index in [4.69, 9.17) is 4.74 Å². The lowest BCUT2D eigenvalue weighted by Crippen LogP contribution is -2.47. The van der Waals surface area contributed by atoms with Crippen LogP contribution in [0.1, 0.15) is 32.1 Å². The molecule has 2 nitrogen and oxygen atoms in total. The molecule has 0 amide bonds. The van der Waals surface area contributed by atoms with Crippen molar-refractivity contribution in [2.24, 2.45) is 0 Å². The van der Waals surface area contributed by atoms with E-state index >= 15 is 0 Å². The van der Waals surface area contributed by atoms with Crippen LogP contribution in [0, 0.1) is 0 Å². The summed E-state index contributed by atoms with van der Waals surface area (Å²) in [6, 6.07) is 0.738. The van der Waals surface area contributed by atoms with Crippen molar-refractivity contribution in [3.8, 4) is 0 Å². The van der Waals surface area contributed by atoms with Crippen molar-refractivity contribution in [3.63, 3.8) is 0 Å². The molecular formula is C11H21NOS. The van der Waals surface area contributed by atoms with Crippen LogP contribution in [0.3, 0.4) is 0 Å². The monoisotopic (exact) mass is 215 g/mol. The number of ether oxygens (including phenoxy) is 1. The van der Waals surface area contributed by atoms with E-state index in [1.54, 1.807) is 0 Å². The van der Waals surface area contributed by atoms with Crippen LogP contribution in [-0.4, -0.2) is 36.8 Å². The number of rotatable bonds is 4. The highest BCUT2D eigenvalue weighted by Gasteiger charge is 2.29. The van der Waals surface area contributed by atoms with Crippen molar-refractivity contribution < 1.29 is 4.74 Å². The molecule has 82 valence electrons. The van der Waals surface area contributed by atoms with Crippen LogP contribution in [0.2, 0.25) is 0 Å². The molecule has 0 aromatic rings. The Bertz CT molecular complexity index is 165. The van der Waals surface area contributed by atoms with Crippen LogP contribution in [0.5, 0.6) is 0 Å². The summed E-state index contributed by atoms with van der Waals surface area (Å²) >= 11 is 2.15. The Kier molecular flexibility index (Phi) is 4.14. The molecule has 2 aliphatic rings. The van der Waals surface area contributed by atoms with Gasteiger partial charge in [-0.25, -0.2) is 0 Å². The summed E-state index contributed by atoms with van der Waals surface area (Å²) in [5.41, 5.74) is 0. The van der Waals surface area contributed by atoms with Gasteiger partial charge in [-0.05, 0) is 31.4 Å². The van der Waals surface area contributed by atoms with Crippen LogP contribution in [0.25, 0.3) is 0 Å². The number of nitrogens with one attached hydrogen (secondary N) is 1. The zero-order chi connectivity index (χ0) is 9.80. The molecule has 0 spiro atoms. The van der Waals surface area contributed by atoms with E-state index in [-0.39, 0.29) is 0 Å². The van der Waals surface area contributed by atoms with Crippen molar-refractivity contribution in [3.05, 3.63) is 0 Å². The molecule has 2 rings (SSSR count). The molecule has 1 aliphatic heterocycles. The van der Waals surface area contributed by atoms with Gasteiger partial charge in [0.15, 0.2) is 0 Å². The average molecular weight is 215 g/mol. The largest absolute Gasteiger partial charge is 0.381 e. The molecule has 1 saturated carbocycles. The topological polar surface area (TPSA) is 21.3 Å². The Morgan fingerprint density at radius 2 is 2.21 bits per heavy atom. The van der Waals surface area contributed by atoms with E-state index in [0.29, 0.717) is 6.10 Å². The second-order valence-corrected chi connectivity index (χ2v) is 5.83. The van der Waals surface area contributed by atoms with E-state index < -0.39 is 0 Å². The molecule has 0 radical (unpaired) electrons. The maximum Gasteiger partial charge on any atom is 0.0601 e. The third kappa shape index (κ3) is 2.88. The summed E-state index contributed by atoms with van der Waals surface area (Å²) in [6.45, 7) is 1.21. The first-order valence-electron chi connectivity index (χ1n) is 5.76. The van der Waals surface area contributed by atoms with E-state index in [2.05, 4.69) is 17.1 Å². The highest BCUT2D eigenvalue weighted by atomic mass is 32.2. The fraction of sp³-hybridized carbons (Fsp3) is 1.00. The number of methoxy groups -OCH3 is 1. The van der Waals surface area contributed by atoms with Gasteiger partial charge in [0.25, 0.3) is 0 Å². The number of hydrogen-bond donors (Lipinski definition) is 1. The maximum atomic E-state index is 5.26. The molecule has 1 heterocycles. The lowest BCUT2D eigenvalue weighted by Gasteiger charge is -2.36. The molecule has 0 aromatic carbocycles. The minimum atomic E-state index is 0.534. The van der Waals surface area contributed by atoms with Crippen LogP contribution in [0.15, 0.2) is 0 Å². The fourth-order valence-electron chi connectivity index (χ4n) is 2.19. The standard InChI is InChI=1S/C11H21NOS/c1-13-10-6-9(7-10)12-8-11-4-2-3-5-14-11/h9-12H,2-8H2,1H3. The molecular weight excluding hydrogens is 194 g/mol. The van der Waals surface area contributed by atoms with Gasteiger partial charge in [0, 0.05) is 24.9 Å². The minimum absolute atomic E-state index is 0.534.